The zero-order chi connectivity index (χ0) is 49.0. The number of halogens is 1. The van der Waals surface area contributed by atoms with Gasteiger partial charge in [-0.3, -0.25) is 28.9 Å². The molecular weight excluding hydrogens is 908 g/mol. The molecule has 9 aromatic rings. The third kappa shape index (κ3) is 11.2. The standard InChI is InChI=1S/C30H25N3O5.C26H22ClNO4/c1-20-8-9-25(23(16-20)30(35)21-6-4-3-5-7-21)38-26-10-12-32-24-18-28(27(36-2)17-22(24)26)37-15-11-29(34)33-14-13-31-19-33;1-17-8-9-22(20(14-17)26(29)18-6-4-3-5-7-18)32-23-10-12-28-21-16-25(31-13-11-27)24(30-2)15-19(21)23/h3-10,12-14,16-19H,11,15H2,1-2H3;3-10,12,14-16H,11,13H2,1-2H3. The van der Waals surface area contributed by atoms with Crippen molar-refractivity contribution in [3.05, 3.63) is 198 Å². The fourth-order valence-corrected chi connectivity index (χ4v) is 7.54. The molecule has 0 aliphatic heterocycles. The third-order valence-electron chi connectivity index (χ3n) is 10.9. The Bertz CT molecular complexity index is 3290. The molecule has 0 saturated heterocycles. The smallest absolute Gasteiger partial charge is 0.235 e. The Balaban J connectivity index is 0.000000191. The molecule has 0 bridgehead atoms. The molecule has 0 atom stereocenters. The maximum absolute atomic E-state index is 13.3. The van der Waals surface area contributed by atoms with E-state index in [4.69, 9.17) is 40.0 Å². The molecule has 13 nitrogen and oxygen atoms in total. The Hall–Kier alpha value is -8.55. The van der Waals surface area contributed by atoms with Crippen molar-refractivity contribution in [3.63, 3.8) is 0 Å². The number of hydrogen-bond donors (Lipinski definition) is 0. The van der Waals surface area contributed by atoms with Gasteiger partial charge in [0.1, 0.15) is 35.9 Å². The maximum Gasteiger partial charge on any atom is 0.235 e. The highest BCUT2D eigenvalue weighted by Gasteiger charge is 2.20. The average Bonchev–Trinajstić information content (AvgIpc) is 3.95. The second kappa shape index (κ2) is 22.5. The minimum Gasteiger partial charge on any atom is -0.493 e. The maximum atomic E-state index is 13.3. The summed E-state index contributed by atoms with van der Waals surface area (Å²) in [6, 6.07) is 40.0. The highest BCUT2D eigenvalue weighted by atomic mass is 35.5. The molecule has 9 rings (SSSR count). The summed E-state index contributed by atoms with van der Waals surface area (Å²) in [6.07, 6.45) is 8.05. The van der Waals surface area contributed by atoms with Crippen molar-refractivity contribution in [1.29, 1.82) is 0 Å². The number of nitrogens with zero attached hydrogens (tertiary/aromatic N) is 4. The molecule has 0 saturated carbocycles. The van der Waals surface area contributed by atoms with Gasteiger partial charge in [0.15, 0.2) is 34.6 Å². The van der Waals surface area contributed by atoms with Crippen LogP contribution in [0.25, 0.3) is 21.8 Å². The largest absolute Gasteiger partial charge is 0.493 e. The molecule has 14 heteroatoms. The molecule has 0 aliphatic rings. The third-order valence-corrected chi connectivity index (χ3v) is 11.1. The van der Waals surface area contributed by atoms with Crippen LogP contribution in [0.4, 0.5) is 0 Å². The number of fused-ring (bicyclic) bond motifs is 2. The van der Waals surface area contributed by atoms with Gasteiger partial charge < -0.3 is 28.4 Å². The normalized spacial score (nSPS) is 10.8. The van der Waals surface area contributed by atoms with Crippen molar-refractivity contribution >= 4 is 50.9 Å². The van der Waals surface area contributed by atoms with Gasteiger partial charge >= 0.3 is 0 Å². The van der Waals surface area contributed by atoms with Crippen molar-refractivity contribution in [2.24, 2.45) is 0 Å². The molecule has 0 fully saturated rings. The van der Waals surface area contributed by atoms with E-state index in [1.807, 2.05) is 86.6 Å². The first-order valence-electron chi connectivity index (χ1n) is 22.2. The van der Waals surface area contributed by atoms with Crippen LogP contribution in [0.3, 0.4) is 0 Å². The first kappa shape index (κ1) is 47.9. The molecule has 0 unspecified atom stereocenters. The van der Waals surface area contributed by atoms with Crippen molar-refractivity contribution < 1.29 is 42.8 Å². The summed E-state index contributed by atoms with van der Waals surface area (Å²) in [7, 11) is 3.11. The van der Waals surface area contributed by atoms with Gasteiger partial charge in [-0.25, -0.2) is 4.98 Å². The van der Waals surface area contributed by atoms with Gasteiger partial charge in [0.2, 0.25) is 5.91 Å². The summed E-state index contributed by atoms with van der Waals surface area (Å²) < 4.78 is 36.6. The van der Waals surface area contributed by atoms with E-state index in [2.05, 4.69) is 15.0 Å². The summed E-state index contributed by atoms with van der Waals surface area (Å²) in [5, 5.41) is 1.42. The Morgan fingerprint density at radius 3 is 1.46 bits per heavy atom. The fourth-order valence-electron chi connectivity index (χ4n) is 7.46. The molecule has 6 aromatic carbocycles. The van der Waals surface area contributed by atoms with Crippen LogP contribution in [0.1, 0.15) is 54.2 Å². The van der Waals surface area contributed by atoms with E-state index in [1.165, 1.54) is 18.0 Å². The van der Waals surface area contributed by atoms with Gasteiger partial charge in [-0.1, -0.05) is 83.9 Å². The molecule has 0 aliphatic carbocycles. The van der Waals surface area contributed by atoms with Crippen LogP contribution < -0.4 is 28.4 Å². The summed E-state index contributed by atoms with van der Waals surface area (Å²) in [4.78, 5) is 51.5. The Morgan fingerprint density at radius 1 is 0.529 bits per heavy atom. The van der Waals surface area contributed by atoms with Crippen molar-refractivity contribution in [3.8, 4) is 46.0 Å². The zero-order valence-electron chi connectivity index (χ0n) is 38.8. The lowest BCUT2D eigenvalue weighted by Gasteiger charge is -2.15. The lowest BCUT2D eigenvalue weighted by atomic mass is 10.0. The number of rotatable bonds is 17. The summed E-state index contributed by atoms with van der Waals surface area (Å²) in [5.41, 5.74) is 5.36. The fraction of sp³-hybridized carbons (Fsp3) is 0.143. The number of benzene rings is 6. The first-order chi connectivity index (χ1) is 34.1. The number of carbonyl (C=O) groups excluding carboxylic acids is 3. The number of aromatic nitrogens is 4. The summed E-state index contributed by atoms with van der Waals surface area (Å²) >= 11 is 5.75. The molecule has 3 heterocycles. The lowest BCUT2D eigenvalue weighted by molar-refractivity contribution is 0.0879. The predicted molar refractivity (Wildman–Crippen MR) is 268 cm³/mol. The number of ketones is 2. The number of hydrogen-bond acceptors (Lipinski definition) is 12. The molecule has 0 N–H and O–H groups in total. The number of carbonyl (C=O) groups is 3. The molecule has 3 aromatic heterocycles. The first-order valence-corrected chi connectivity index (χ1v) is 22.7. The van der Waals surface area contributed by atoms with Crippen LogP contribution in [0.5, 0.6) is 46.0 Å². The second-order valence-corrected chi connectivity index (χ2v) is 16.1. The number of aryl methyl sites for hydroxylation is 2. The Labute approximate surface area is 409 Å². The van der Waals surface area contributed by atoms with Crippen LogP contribution in [0.2, 0.25) is 0 Å². The Morgan fingerprint density at radius 2 is 1.01 bits per heavy atom. The molecule has 0 amide bonds. The summed E-state index contributed by atoms with van der Waals surface area (Å²) in [5.74, 6) is 4.02. The van der Waals surface area contributed by atoms with Crippen molar-refractivity contribution in [2.45, 2.75) is 20.3 Å². The van der Waals surface area contributed by atoms with Crippen molar-refractivity contribution in [1.82, 2.24) is 19.5 Å². The van der Waals surface area contributed by atoms with Gasteiger partial charge in [-0.05, 0) is 62.4 Å². The molecule has 352 valence electrons. The predicted octanol–water partition coefficient (Wildman–Crippen LogP) is 12.1. The minimum atomic E-state index is -0.130. The van der Waals surface area contributed by atoms with E-state index in [1.54, 1.807) is 92.6 Å². The lowest BCUT2D eigenvalue weighted by Crippen LogP contribution is -2.13. The highest BCUT2D eigenvalue weighted by molar-refractivity contribution is 6.18. The zero-order valence-corrected chi connectivity index (χ0v) is 39.5. The van der Waals surface area contributed by atoms with Gasteiger partial charge in [-0.15, -0.1) is 11.6 Å². The number of pyridine rings is 2. The average molecular weight is 955 g/mol. The van der Waals surface area contributed by atoms with Gasteiger partial charge in [0.25, 0.3) is 0 Å². The molecule has 70 heavy (non-hydrogen) atoms. The van der Waals surface area contributed by atoms with Crippen LogP contribution in [-0.2, 0) is 0 Å². The van der Waals surface area contributed by atoms with E-state index in [0.717, 1.165) is 16.5 Å². The van der Waals surface area contributed by atoms with E-state index < -0.39 is 0 Å². The van der Waals surface area contributed by atoms with E-state index >= 15 is 0 Å². The topological polar surface area (TPSA) is 150 Å². The quantitative estimate of drug-likeness (QED) is 0.0631. The number of imidazole rings is 1. The monoisotopic (exact) mass is 954 g/mol. The van der Waals surface area contributed by atoms with Crippen LogP contribution in [-0.4, -0.2) is 70.3 Å². The molecular formula is C56H47ClN4O9. The minimum absolute atomic E-state index is 0.1000. The highest BCUT2D eigenvalue weighted by Crippen LogP contribution is 2.40. The van der Waals surface area contributed by atoms with Gasteiger partial charge in [0, 0.05) is 58.8 Å². The second-order valence-electron chi connectivity index (χ2n) is 15.8. The molecule has 0 radical (unpaired) electrons. The van der Waals surface area contributed by atoms with E-state index in [0.29, 0.717) is 97.2 Å². The number of ether oxygens (including phenoxy) is 6. The van der Waals surface area contributed by atoms with Gasteiger partial charge in [-0.2, -0.15) is 0 Å². The number of methoxy groups -OCH3 is 2. The molecule has 0 spiro atoms. The SMILES string of the molecule is COc1cc2c(Oc3ccc(C)cc3C(=O)c3ccccc3)ccnc2cc1OCCC(=O)n1ccnc1.COc1cc2c(Oc3ccc(C)cc3C(=O)c3ccccc3)ccnc2cc1OCCCl. The van der Waals surface area contributed by atoms with Crippen LogP contribution in [0.15, 0.2) is 165 Å². The van der Waals surface area contributed by atoms with E-state index in [9.17, 15) is 14.4 Å². The van der Waals surface area contributed by atoms with Crippen LogP contribution >= 0.6 is 11.6 Å². The number of alkyl halides is 1. The van der Waals surface area contributed by atoms with Crippen LogP contribution in [0, 0.1) is 13.8 Å². The Kier molecular flexibility index (Phi) is 15.4. The van der Waals surface area contributed by atoms with Gasteiger partial charge in [0.05, 0.1) is 55.3 Å². The summed E-state index contributed by atoms with van der Waals surface area (Å²) in [6.45, 7) is 4.39. The van der Waals surface area contributed by atoms with Crippen molar-refractivity contribution in [2.75, 3.05) is 33.3 Å². The van der Waals surface area contributed by atoms with E-state index in [-0.39, 0.29) is 30.5 Å².